The van der Waals surface area contributed by atoms with Gasteiger partial charge in [0.2, 0.25) is 0 Å². The Bertz CT molecular complexity index is 466. The van der Waals surface area contributed by atoms with Gasteiger partial charge in [-0.3, -0.25) is 10.1 Å². The second-order valence-corrected chi connectivity index (χ2v) is 5.18. The lowest BCUT2D eigenvalue weighted by Gasteiger charge is -2.23. The summed E-state index contributed by atoms with van der Waals surface area (Å²) in [6.45, 7) is 5.73. The number of nitro groups is 1. The Balaban J connectivity index is 2.12. The molecular formula is C13H22N4O3. The van der Waals surface area contributed by atoms with Gasteiger partial charge in [0.25, 0.3) is 5.88 Å². The van der Waals surface area contributed by atoms with E-state index in [0.29, 0.717) is 24.7 Å². The van der Waals surface area contributed by atoms with Gasteiger partial charge in [0.05, 0.1) is 4.92 Å². The van der Waals surface area contributed by atoms with Crippen LogP contribution in [0, 0.1) is 17.0 Å². The van der Waals surface area contributed by atoms with Crippen molar-refractivity contribution in [3.05, 3.63) is 15.8 Å². The summed E-state index contributed by atoms with van der Waals surface area (Å²) in [4.78, 5) is 10.8. The summed E-state index contributed by atoms with van der Waals surface area (Å²) in [5.41, 5.74) is 0.407. The molecule has 2 heterocycles. The molecule has 112 valence electrons. The maximum Gasteiger partial charge on any atom is 0.353 e. The zero-order chi connectivity index (χ0) is 14.5. The van der Waals surface area contributed by atoms with E-state index in [2.05, 4.69) is 10.4 Å². The van der Waals surface area contributed by atoms with E-state index in [4.69, 9.17) is 4.74 Å². The Labute approximate surface area is 118 Å². The third kappa shape index (κ3) is 3.27. The largest absolute Gasteiger partial charge is 0.471 e. The van der Waals surface area contributed by atoms with Crippen LogP contribution in [0.15, 0.2) is 0 Å². The summed E-state index contributed by atoms with van der Waals surface area (Å²) in [5, 5.41) is 18.8. The molecule has 1 fully saturated rings. The molecule has 7 nitrogen and oxygen atoms in total. The topological polar surface area (TPSA) is 82.2 Å². The van der Waals surface area contributed by atoms with E-state index in [1.54, 1.807) is 11.6 Å². The molecular weight excluding hydrogens is 260 g/mol. The molecule has 0 spiro atoms. The Morgan fingerprint density at radius 1 is 1.55 bits per heavy atom. The fourth-order valence-corrected chi connectivity index (χ4v) is 2.51. The number of ether oxygens (including phenoxy) is 1. The van der Waals surface area contributed by atoms with Crippen LogP contribution in [0.5, 0.6) is 5.88 Å². The molecule has 20 heavy (non-hydrogen) atoms. The maximum absolute atomic E-state index is 11.2. The van der Waals surface area contributed by atoms with E-state index in [1.165, 1.54) is 12.8 Å². The zero-order valence-corrected chi connectivity index (χ0v) is 12.1. The molecule has 1 saturated heterocycles. The van der Waals surface area contributed by atoms with Crippen molar-refractivity contribution in [3.63, 3.8) is 0 Å². The minimum absolute atomic E-state index is 0.00532. The lowest BCUT2D eigenvalue weighted by molar-refractivity contribution is -0.386. The molecule has 0 radical (unpaired) electrons. The monoisotopic (exact) mass is 282 g/mol. The number of aromatic nitrogens is 2. The minimum Gasteiger partial charge on any atom is -0.471 e. The van der Waals surface area contributed by atoms with Crippen LogP contribution >= 0.6 is 0 Å². The molecule has 1 atom stereocenters. The quantitative estimate of drug-likeness (QED) is 0.637. The number of nitrogens with one attached hydrogen (secondary N) is 1. The van der Waals surface area contributed by atoms with E-state index in [-0.39, 0.29) is 11.7 Å². The van der Waals surface area contributed by atoms with Crippen LogP contribution in [0.25, 0.3) is 0 Å². The van der Waals surface area contributed by atoms with Gasteiger partial charge in [0.1, 0.15) is 12.3 Å². The van der Waals surface area contributed by atoms with E-state index >= 15 is 0 Å². The first-order chi connectivity index (χ1) is 9.63. The molecule has 0 bridgehead atoms. The van der Waals surface area contributed by atoms with Crippen molar-refractivity contribution in [1.82, 2.24) is 15.1 Å². The summed E-state index contributed by atoms with van der Waals surface area (Å²) in [6, 6.07) is 0.272. The molecule has 0 amide bonds. The van der Waals surface area contributed by atoms with E-state index in [9.17, 15) is 10.1 Å². The van der Waals surface area contributed by atoms with Gasteiger partial charge in [-0.05, 0) is 32.7 Å². The first-order valence-electron chi connectivity index (χ1n) is 7.21. The predicted octanol–water partition coefficient (Wildman–Crippen LogP) is 2.03. The molecule has 2 rings (SSSR count). The van der Waals surface area contributed by atoms with Crippen molar-refractivity contribution in [3.8, 4) is 5.88 Å². The fourth-order valence-electron chi connectivity index (χ4n) is 2.51. The highest BCUT2D eigenvalue weighted by atomic mass is 16.6. The summed E-state index contributed by atoms with van der Waals surface area (Å²) < 4.78 is 7.35. The van der Waals surface area contributed by atoms with Crippen molar-refractivity contribution >= 4 is 5.69 Å². The van der Waals surface area contributed by atoms with Crippen molar-refractivity contribution in [1.29, 1.82) is 0 Å². The minimum atomic E-state index is -0.405. The molecule has 1 aliphatic heterocycles. The predicted molar refractivity (Wildman–Crippen MR) is 75.0 cm³/mol. The molecule has 0 saturated carbocycles. The lowest BCUT2D eigenvalue weighted by atomic mass is 10.1. The van der Waals surface area contributed by atoms with Gasteiger partial charge in [-0.15, -0.1) is 0 Å². The summed E-state index contributed by atoms with van der Waals surface area (Å²) in [5.74, 6) is 0.293. The van der Waals surface area contributed by atoms with Crippen molar-refractivity contribution in [2.75, 3.05) is 13.2 Å². The zero-order valence-electron chi connectivity index (χ0n) is 12.1. The number of aryl methyl sites for hydroxylation is 2. The molecule has 1 aromatic rings. The molecule has 0 aromatic carbocycles. The van der Waals surface area contributed by atoms with Crippen molar-refractivity contribution < 1.29 is 9.66 Å². The second-order valence-electron chi connectivity index (χ2n) is 5.18. The van der Waals surface area contributed by atoms with Crippen molar-refractivity contribution in [2.45, 2.75) is 52.1 Å². The van der Waals surface area contributed by atoms with Gasteiger partial charge < -0.3 is 10.1 Å². The van der Waals surface area contributed by atoms with Crippen LogP contribution in [-0.2, 0) is 6.54 Å². The standard InChI is InChI=1S/C13H22N4O3/c1-3-8-16-13(12(17(18)19)10(2)15-16)20-9-11-6-4-5-7-14-11/h11,14H,3-9H2,1-2H3. The lowest BCUT2D eigenvalue weighted by Crippen LogP contribution is -2.38. The number of rotatable bonds is 6. The van der Waals surface area contributed by atoms with E-state index in [1.807, 2.05) is 6.92 Å². The van der Waals surface area contributed by atoms with Crippen LogP contribution in [0.2, 0.25) is 0 Å². The molecule has 1 aliphatic rings. The molecule has 7 heteroatoms. The maximum atomic E-state index is 11.2. The Morgan fingerprint density at radius 2 is 2.35 bits per heavy atom. The van der Waals surface area contributed by atoms with Crippen LogP contribution in [0.4, 0.5) is 5.69 Å². The fraction of sp³-hybridized carbons (Fsp3) is 0.769. The molecule has 0 aliphatic carbocycles. The Hall–Kier alpha value is -1.63. The average molecular weight is 282 g/mol. The van der Waals surface area contributed by atoms with Crippen LogP contribution < -0.4 is 10.1 Å². The van der Waals surface area contributed by atoms with Gasteiger partial charge in [0.15, 0.2) is 0 Å². The van der Waals surface area contributed by atoms with Gasteiger partial charge in [-0.2, -0.15) is 5.10 Å². The molecule has 1 N–H and O–H groups in total. The SMILES string of the molecule is CCCn1nc(C)c([N+](=O)[O-])c1OCC1CCCCN1. The highest BCUT2D eigenvalue weighted by molar-refractivity contribution is 5.45. The number of hydrogen-bond donors (Lipinski definition) is 1. The van der Waals surface area contributed by atoms with Gasteiger partial charge >= 0.3 is 5.69 Å². The third-order valence-electron chi connectivity index (χ3n) is 3.50. The normalized spacial score (nSPS) is 19.0. The number of nitrogens with zero attached hydrogens (tertiary/aromatic N) is 3. The summed E-state index contributed by atoms with van der Waals surface area (Å²) >= 11 is 0. The van der Waals surface area contributed by atoms with Crippen LogP contribution in [0.1, 0.15) is 38.3 Å². The first kappa shape index (κ1) is 14.8. The first-order valence-corrected chi connectivity index (χ1v) is 7.21. The number of piperidine rings is 1. The third-order valence-corrected chi connectivity index (χ3v) is 3.50. The smallest absolute Gasteiger partial charge is 0.353 e. The summed E-state index contributed by atoms with van der Waals surface area (Å²) in [6.07, 6.45) is 4.27. The van der Waals surface area contributed by atoms with E-state index < -0.39 is 4.92 Å². The Kier molecular flexibility index (Phi) is 4.94. The van der Waals surface area contributed by atoms with Gasteiger partial charge in [-0.1, -0.05) is 13.3 Å². The number of hydrogen-bond acceptors (Lipinski definition) is 5. The summed E-state index contributed by atoms with van der Waals surface area (Å²) in [7, 11) is 0. The molecule has 1 aromatic heterocycles. The van der Waals surface area contributed by atoms with Crippen LogP contribution in [0.3, 0.4) is 0 Å². The highest BCUT2D eigenvalue weighted by Crippen LogP contribution is 2.31. The van der Waals surface area contributed by atoms with Crippen molar-refractivity contribution in [2.24, 2.45) is 0 Å². The Morgan fingerprint density at radius 3 is 2.95 bits per heavy atom. The highest BCUT2D eigenvalue weighted by Gasteiger charge is 2.27. The van der Waals surface area contributed by atoms with Crippen LogP contribution in [-0.4, -0.2) is 33.9 Å². The average Bonchev–Trinajstić information content (AvgIpc) is 2.74. The second kappa shape index (κ2) is 6.69. The molecule has 1 unspecified atom stereocenters. The van der Waals surface area contributed by atoms with E-state index in [0.717, 1.165) is 19.4 Å². The van der Waals surface area contributed by atoms with Gasteiger partial charge in [0, 0.05) is 12.6 Å². The van der Waals surface area contributed by atoms with Gasteiger partial charge in [-0.25, -0.2) is 4.68 Å².